The van der Waals surface area contributed by atoms with Gasteiger partial charge in [0.15, 0.2) is 0 Å². The summed E-state index contributed by atoms with van der Waals surface area (Å²) in [5.41, 5.74) is -1.25. The lowest BCUT2D eigenvalue weighted by atomic mass is 9.99. The van der Waals surface area contributed by atoms with Gasteiger partial charge in [-0.05, 0) is 48.9 Å². The molecule has 2 atom stereocenters. The first-order chi connectivity index (χ1) is 16.8. The number of aryl methyl sites for hydroxylation is 1. The van der Waals surface area contributed by atoms with Gasteiger partial charge >= 0.3 is 5.92 Å². The van der Waals surface area contributed by atoms with Gasteiger partial charge in [-0.3, -0.25) is 9.59 Å². The summed E-state index contributed by atoms with van der Waals surface area (Å²) in [5, 5.41) is 7.56. The van der Waals surface area contributed by atoms with Crippen LogP contribution in [0.1, 0.15) is 21.5 Å². The number of nitrogens with zero attached hydrogens (tertiary/aromatic N) is 2. The molecule has 194 valence electrons. The fourth-order valence-electron chi connectivity index (χ4n) is 4.27. The second-order valence-corrected chi connectivity index (χ2v) is 10.2. The maximum Gasteiger partial charge on any atom is 0.352 e. The van der Waals surface area contributed by atoms with E-state index in [0.717, 1.165) is 21.3 Å². The lowest BCUT2D eigenvalue weighted by molar-refractivity contribution is -0.178. The van der Waals surface area contributed by atoms with Gasteiger partial charge in [0.25, 0.3) is 22.0 Å². The normalized spacial score (nSPS) is 20.8. The molecular formula is C22H22F4N4O5S. The summed E-state index contributed by atoms with van der Waals surface area (Å²) in [6.45, 7) is 0.313. The molecule has 2 aromatic carbocycles. The molecular weight excluding hydrogens is 508 g/mol. The van der Waals surface area contributed by atoms with E-state index in [1.807, 2.05) is 0 Å². The number of carbonyl (C=O) groups is 2. The highest BCUT2D eigenvalue weighted by atomic mass is 32.2. The topological polar surface area (TPSA) is 122 Å². The van der Waals surface area contributed by atoms with Crippen molar-refractivity contribution in [3.8, 4) is 0 Å². The molecule has 2 fully saturated rings. The second-order valence-electron chi connectivity index (χ2n) is 8.61. The summed E-state index contributed by atoms with van der Waals surface area (Å²) >= 11 is 0. The number of halogens is 4. The van der Waals surface area contributed by atoms with Crippen LogP contribution in [0.5, 0.6) is 0 Å². The molecule has 9 nitrogen and oxygen atoms in total. The van der Waals surface area contributed by atoms with Gasteiger partial charge in [0.2, 0.25) is 0 Å². The molecule has 0 unspecified atom stereocenters. The summed E-state index contributed by atoms with van der Waals surface area (Å²) in [7, 11) is -4.13. The minimum absolute atomic E-state index is 0.188. The summed E-state index contributed by atoms with van der Waals surface area (Å²) < 4.78 is 88.4. The van der Waals surface area contributed by atoms with Crippen molar-refractivity contribution in [1.82, 2.24) is 9.21 Å². The minimum atomic E-state index is -4.38. The molecule has 14 heteroatoms. The van der Waals surface area contributed by atoms with Crippen LogP contribution in [-0.4, -0.2) is 67.8 Å². The number of hydrogen-bond acceptors (Lipinski definition) is 5. The molecule has 2 heterocycles. The molecule has 0 aromatic heterocycles. The van der Waals surface area contributed by atoms with E-state index in [0.29, 0.717) is 12.1 Å². The third-order valence-electron chi connectivity index (χ3n) is 6.08. The Kier molecular flexibility index (Phi) is 6.81. The lowest BCUT2D eigenvalue weighted by Crippen LogP contribution is -2.69. The molecule has 0 aliphatic carbocycles. The number of alkyl halides is 2. The number of hydrogen-bond donors (Lipinski definition) is 2. The first-order valence-corrected chi connectivity index (χ1v) is 12.2. The van der Waals surface area contributed by atoms with Crippen LogP contribution in [0, 0.1) is 18.6 Å². The van der Waals surface area contributed by atoms with Gasteiger partial charge in [0.1, 0.15) is 11.6 Å². The zero-order valence-corrected chi connectivity index (χ0v) is 19.7. The van der Waals surface area contributed by atoms with Gasteiger partial charge < -0.3 is 15.0 Å². The number of nitrogens with two attached hydrogens (primary N) is 1. The molecule has 36 heavy (non-hydrogen) atoms. The van der Waals surface area contributed by atoms with Crippen molar-refractivity contribution in [2.45, 2.75) is 24.9 Å². The molecule has 0 radical (unpaired) electrons. The fraction of sp³-hybridized carbons (Fsp3) is 0.364. The van der Waals surface area contributed by atoms with Crippen LogP contribution < -0.4 is 10.5 Å². The molecule has 4 rings (SSSR count). The molecule has 2 aliphatic heterocycles. The van der Waals surface area contributed by atoms with E-state index in [-0.39, 0.29) is 43.1 Å². The fourth-order valence-corrected chi connectivity index (χ4v) is 5.03. The van der Waals surface area contributed by atoms with E-state index in [4.69, 9.17) is 9.88 Å². The standard InChI is InChI=1S/C22H22F4N4O5S/c1-12-6-14(3-5-18(12)23)28-20(31)13-2-4-19(24)17(7-13)22(25,26)21(32)30-15-8-29(36(27,33)34)9-16(30)11-35-10-15/h2-7,15-16H,8-11H2,1H3,(H,28,31)(H2,27,33,34)/t15-,16+. The van der Waals surface area contributed by atoms with Gasteiger partial charge in [-0.2, -0.15) is 21.5 Å². The largest absolute Gasteiger partial charge is 0.377 e. The minimum Gasteiger partial charge on any atom is -0.377 e. The molecule has 3 N–H and O–H groups in total. The third-order valence-corrected chi connectivity index (χ3v) is 7.10. The van der Waals surface area contributed by atoms with Crippen LogP contribution in [-0.2, 0) is 25.7 Å². The number of amides is 2. The second kappa shape index (κ2) is 9.42. The van der Waals surface area contributed by atoms with Gasteiger partial charge in [0, 0.05) is 24.3 Å². The maximum absolute atomic E-state index is 15.4. The van der Waals surface area contributed by atoms with Crippen molar-refractivity contribution in [3.63, 3.8) is 0 Å². The van der Waals surface area contributed by atoms with E-state index in [9.17, 15) is 26.8 Å². The Labute approximate surface area is 204 Å². The number of morpholine rings is 1. The predicted molar refractivity (Wildman–Crippen MR) is 119 cm³/mol. The lowest BCUT2D eigenvalue weighted by Gasteiger charge is -2.49. The van der Waals surface area contributed by atoms with Crippen LogP contribution in [0.3, 0.4) is 0 Å². The first-order valence-electron chi connectivity index (χ1n) is 10.7. The zero-order chi connectivity index (χ0) is 26.4. The molecule has 2 amide bonds. The van der Waals surface area contributed by atoms with E-state index in [2.05, 4.69) is 5.32 Å². The predicted octanol–water partition coefficient (Wildman–Crippen LogP) is 1.73. The van der Waals surface area contributed by atoms with Crippen LogP contribution in [0.2, 0.25) is 0 Å². The number of fused-ring (bicyclic) bond motifs is 2. The Morgan fingerprint density at radius 1 is 1.06 bits per heavy atom. The van der Waals surface area contributed by atoms with Crippen molar-refractivity contribution >= 4 is 27.7 Å². The monoisotopic (exact) mass is 530 g/mol. The number of anilines is 1. The third kappa shape index (κ3) is 4.93. The Hall–Kier alpha value is -3.07. The van der Waals surface area contributed by atoms with Gasteiger partial charge in [-0.25, -0.2) is 13.9 Å². The van der Waals surface area contributed by atoms with Crippen molar-refractivity contribution < 1.29 is 40.3 Å². The van der Waals surface area contributed by atoms with Crippen molar-refractivity contribution in [1.29, 1.82) is 0 Å². The highest BCUT2D eigenvalue weighted by Crippen LogP contribution is 2.36. The van der Waals surface area contributed by atoms with Crippen LogP contribution in [0.25, 0.3) is 0 Å². The number of benzene rings is 2. The zero-order valence-electron chi connectivity index (χ0n) is 18.9. The Balaban J connectivity index is 1.60. The summed E-state index contributed by atoms with van der Waals surface area (Å²) in [6.07, 6.45) is 0. The van der Waals surface area contributed by atoms with E-state index in [1.165, 1.54) is 19.1 Å². The maximum atomic E-state index is 15.4. The average Bonchev–Trinajstić information content (AvgIpc) is 2.79. The Morgan fingerprint density at radius 2 is 1.67 bits per heavy atom. The van der Waals surface area contributed by atoms with E-state index >= 15 is 8.78 Å². The van der Waals surface area contributed by atoms with Gasteiger partial charge in [-0.1, -0.05) is 0 Å². The van der Waals surface area contributed by atoms with Crippen LogP contribution >= 0.6 is 0 Å². The molecule has 2 aliphatic rings. The molecule has 2 bridgehead atoms. The average molecular weight is 531 g/mol. The highest BCUT2D eigenvalue weighted by Gasteiger charge is 2.53. The van der Waals surface area contributed by atoms with Crippen molar-refractivity contribution in [2.24, 2.45) is 5.14 Å². The van der Waals surface area contributed by atoms with Crippen LogP contribution in [0.4, 0.5) is 23.2 Å². The van der Waals surface area contributed by atoms with Crippen molar-refractivity contribution in [2.75, 3.05) is 31.6 Å². The smallest absolute Gasteiger partial charge is 0.352 e. The summed E-state index contributed by atoms with van der Waals surface area (Å²) in [6, 6.07) is 3.78. The molecule has 2 saturated heterocycles. The SMILES string of the molecule is Cc1cc(NC(=O)c2ccc(F)c(C(F)(F)C(=O)N3[C@@H]4COC[C@H]3CN(S(N)(=O)=O)C4)c2)ccc1F. The summed E-state index contributed by atoms with van der Waals surface area (Å²) in [5.74, 6) is -8.93. The number of rotatable bonds is 5. The molecule has 2 aromatic rings. The summed E-state index contributed by atoms with van der Waals surface area (Å²) in [4.78, 5) is 26.4. The van der Waals surface area contributed by atoms with Gasteiger partial charge in [-0.15, -0.1) is 0 Å². The number of nitrogens with one attached hydrogen (secondary N) is 1. The Morgan fingerprint density at radius 3 is 2.25 bits per heavy atom. The van der Waals surface area contributed by atoms with E-state index in [1.54, 1.807) is 0 Å². The molecule has 0 saturated carbocycles. The Bertz CT molecular complexity index is 1310. The van der Waals surface area contributed by atoms with E-state index < -0.39 is 57.2 Å². The van der Waals surface area contributed by atoms with Crippen LogP contribution in [0.15, 0.2) is 36.4 Å². The quantitative estimate of drug-likeness (QED) is 0.571. The highest BCUT2D eigenvalue weighted by molar-refractivity contribution is 7.86. The first kappa shape index (κ1) is 26.0. The number of ether oxygens (including phenoxy) is 1. The number of carbonyl (C=O) groups excluding carboxylic acids is 2. The van der Waals surface area contributed by atoms with Gasteiger partial charge in [0.05, 0.1) is 30.9 Å². The molecule has 0 spiro atoms. The van der Waals surface area contributed by atoms with Crippen molar-refractivity contribution in [3.05, 3.63) is 64.7 Å². The number of piperazine rings is 1.